The van der Waals surface area contributed by atoms with E-state index in [1.54, 1.807) is 30.1 Å². The fraction of sp³-hybridized carbons (Fsp3) is 0.481. The van der Waals surface area contributed by atoms with Crippen molar-refractivity contribution >= 4 is 51.6 Å². The predicted molar refractivity (Wildman–Crippen MR) is 147 cm³/mol. The molecule has 2 aromatic heterocycles. The number of hydrogen-bond donors (Lipinski definition) is 2. The Morgan fingerprint density at radius 3 is 2.75 bits per heavy atom. The number of likely N-dealkylation sites (tertiary alicyclic amines) is 1. The van der Waals surface area contributed by atoms with Gasteiger partial charge < -0.3 is 29.7 Å². The van der Waals surface area contributed by atoms with Gasteiger partial charge in [-0.1, -0.05) is 11.6 Å². The van der Waals surface area contributed by atoms with E-state index < -0.39 is 24.1 Å². The molecule has 5 heterocycles. The molecule has 3 aliphatic heterocycles. The van der Waals surface area contributed by atoms with Crippen LogP contribution in [0.15, 0.2) is 29.2 Å². The minimum absolute atomic E-state index is 0.0486. The van der Waals surface area contributed by atoms with Crippen molar-refractivity contribution in [1.82, 2.24) is 19.4 Å². The average molecular weight is 572 g/mol. The molecule has 2 saturated heterocycles. The highest BCUT2D eigenvalue weighted by Crippen LogP contribution is 2.46. The molecule has 13 heteroatoms. The Hall–Kier alpha value is -3.67. The summed E-state index contributed by atoms with van der Waals surface area (Å²) in [5, 5.41) is 7.05. The summed E-state index contributed by atoms with van der Waals surface area (Å²) in [5.41, 5.74) is 0.922. The number of benzene rings is 1. The zero-order valence-electron chi connectivity index (χ0n) is 22.0. The summed E-state index contributed by atoms with van der Waals surface area (Å²) in [6.45, 7) is -0.252. The van der Waals surface area contributed by atoms with Crippen LogP contribution in [0, 0.1) is 5.92 Å². The Kier molecular flexibility index (Phi) is 5.64. The lowest BCUT2D eigenvalue weighted by molar-refractivity contribution is -0.132. The van der Waals surface area contributed by atoms with Gasteiger partial charge in [-0.2, -0.15) is 4.98 Å². The molecule has 1 amide bonds. The van der Waals surface area contributed by atoms with E-state index in [-0.39, 0.29) is 40.4 Å². The number of pyridine rings is 1. The molecule has 3 aromatic rings. The Morgan fingerprint density at radius 1 is 1.18 bits per heavy atom. The number of aromatic nitrogens is 3. The van der Waals surface area contributed by atoms with Crippen molar-refractivity contribution in [3.63, 3.8) is 0 Å². The van der Waals surface area contributed by atoms with Crippen LogP contribution in [0.5, 0.6) is 5.75 Å². The summed E-state index contributed by atoms with van der Waals surface area (Å²) < 4.78 is 36.8. The first-order valence-electron chi connectivity index (χ1n) is 13.4. The quantitative estimate of drug-likeness (QED) is 0.488. The second-order valence-electron chi connectivity index (χ2n) is 11.2. The Balaban J connectivity index is 1.27. The van der Waals surface area contributed by atoms with Crippen LogP contribution < -0.4 is 25.8 Å². The smallest absolute Gasteiger partial charge is 0.301 e. The number of nitrogens with zero attached hydrogens (tertiary/aromatic N) is 5. The number of piperazine rings is 1. The van der Waals surface area contributed by atoms with Gasteiger partial charge in [-0.15, -0.1) is 0 Å². The molecule has 40 heavy (non-hydrogen) atoms. The molecule has 1 saturated carbocycles. The number of fused-ring (bicyclic) bond motifs is 5. The number of aryl methyl sites for hydroxylation is 1. The predicted octanol–water partition coefficient (Wildman–Crippen LogP) is 3.75. The van der Waals surface area contributed by atoms with E-state index in [4.69, 9.17) is 16.3 Å². The lowest BCUT2D eigenvalue weighted by atomic mass is 10.0. The number of carbonyl (C=O) groups excluding carboxylic acids is 1. The van der Waals surface area contributed by atoms with Crippen LogP contribution >= 0.6 is 11.6 Å². The van der Waals surface area contributed by atoms with E-state index in [1.807, 2.05) is 11.9 Å². The SMILES string of the molecule is CN1C[C@@H]2CC[C@H](C1=O)N2c1ncc(Cl)c(Nc2ccc3c(c2)c2c(c(=O)n3C)OCC(F)(F)[C@H](C3CC3)N2)n1. The molecule has 0 radical (unpaired) electrons. The molecule has 2 N–H and O–H groups in total. The van der Waals surface area contributed by atoms with Gasteiger partial charge in [0.1, 0.15) is 11.1 Å². The van der Waals surface area contributed by atoms with Crippen molar-refractivity contribution in [1.29, 1.82) is 0 Å². The maximum absolute atomic E-state index is 15.0. The molecule has 4 aliphatic rings. The van der Waals surface area contributed by atoms with Crippen molar-refractivity contribution < 1.29 is 18.3 Å². The van der Waals surface area contributed by atoms with Crippen LogP contribution in [0.3, 0.4) is 0 Å². The van der Waals surface area contributed by atoms with Crippen LogP contribution in [0.1, 0.15) is 25.7 Å². The van der Waals surface area contributed by atoms with Gasteiger partial charge in [0.2, 0.25) is 17.6 Å². The monoisotopic (exact) mass is 571 g/mol. The Labute approximate surface area is 233 Å². The summed E-state index contributed by atoms with van der Waals surface area (Å²) in [6, 6.07) is 3.96. The second kappa shape index (κ2) is 8.92. The topological polar surface area (TPSA) is 105 Å². The van der Waals surface area contributed by atoms with Gasteiger partial charge in [0, 0.05) is 31.7 Å². The number of likely N-dealkylation sites (N-methyl/N-ethyl adjacent to an activating group) is 1. The highest BCUT2D eigenvalue weighted by atomic mass is 35.5. The van der Waals surface area contributed by atoms with Crippen LogP contribution in [-0.2, 0) is 11.8 Å². The van der Waals surface area contributed by atoms with Gasteiger partial charge >= 0.3 is 5.92 Å². The number of amides is 1. The van der Waals surface area contributed by atoms with E-state index in [1.165, 1.54) is 10.8 Å². The third-order valence-corrected chi connectivity index (χ3v) is 8.76. The summed E-state index contributed by atoms with van der Waals surface area (Å²) in [6.07, 6.45) is 4.52. The van der Waals surface area contributed by atoms with Gasteiger partial charge in [0.15, 0.2) is 12.4 Å². The number of anilines is 4. The zero-order valence-corrected chi connectivity index (χ0v) is 22.7. The van der Waals surface area contributed by atoms with E-state index in [0.717, 1.165) is 12.8 Å². The first-order valence-corrected chi connectivity index (χ1v) is 13.8. The molecule has 3 atom stereocenters. The molecule has 2 bridgehead atoms. The van der Waals surface area contributed by atoms with Gasteiger partial charge in [-0.25, -0.2) is 13.8 Å². The van der Waals surface area contributed by atoms with Crippen molar-refractivity contribution in [3.05, 3.63) is 39.8 Å². The molecular formula is C27H28ClF2N7O3. The average Bonchev–Trinajstić information content (AvgIpc) is 3.71. The number of ether oxygens (including phenoxy) is 1. The van der Waals surface area contributed by atoms with E-state index in [0.29, 0.717) is 47.7 Å². The van der Waals surface area contributed by atoms with Crippen LogP contribution in [-0.4, -0.2) is 69.6 Å². The highest BCUT2D eigenvalue weighted by molar-refractivity contribution is 6.33. The van der Waals surface area contributed by atoms with Gasteiger partial charge in [-0.05, 0) is 49.8 Å². The van der Waals surface area contributed by atoms with Crippen molar-refractivity contribution in [2.75, 3.05) is 35.7 Å². The first-order chi connectivity index (χ1) is 19.1. The number of halogens is 3. The van der Waals surface area contributed by atoms with Crippen LogP contribution in [0.4, 0.5) is 31.9 Å². The third-order valence-electron chi connectivity index (χ3n) is 8.48. The number of hydrogen-bond acceptors (Lipinski definition) is 8. The first kappa shape index (κ1) is 25.3. The fourth-order valence-electron chi connectivity index (χ4n) is 6.26. The largest absolute Gasteiger partial charge is 0.480 e. The van der Waals surface area contributed by atoms with E-state index in [9.17, 15) is 18.4 Å². The number of nitrogens with one attached hydrogen (secondary N) is 2. The van der Waals surface area contributed by atoms with E-state index >= 15 is 0 Å². The Morgan fingerprint density at radius 2 is 1.98 bits per heavy atom. The highest BCUT2D eigenvalue weighted by Gasteiger charge is 2.51. The van der Waals surface area contributed by atoms with Crippen LogP contribution in [0.2, 0.25) is 5.02 Å². The lowest BCUT2D eigenvalue weighted by Gasteiger charge is -2.38. The van der Waals surface area contributed by atoms with Crippen molar-refractivity contribution in [2.24, 2.45) is 13.0 Å². The van der Waals surface area contributed by atoms with Crippen molar-refractivity contribution in [2.45, 2.75) is 49.7 Å². The van der Waals surface area contributed by atoms with Crippen LogP contribution in [0.25, 0.3) is 10.9 Å². The van der Waals surface area contributed by atoms with Crippen molar-refractivity contribution in [3.8, 4) is 5.75 Å². The number of alkyl halides is 2. The molecule has 10 nitrogen and oxygen atoms in total. The Bertz CT molecular complexity index is 1610. The van der Waals surface area contributed by atoms with E-state index in [2.05, 4.69) is 20.6 Å². The summed E-state index contributed by atoms with van der Waals surface area (Å²) in [7, 11) is 3.40. The molecule has 0 unspecified atom stereocenters. The maximum Gasteiger partial charge on any atom is 0.301 e. The number of carbonyl (C=O) groups is 1. The maximum atomic E-state index is 15.0. The molecule has 1 aromatic carbocycles. The molecule has 7 rings (SSSR count). The van der Waals surface area contributed by atoms with Gasteiger partial charge in [0.25, 0.3) is 5.56 Å². The minimum atomic E-state index is -3.12. The summed E-state index contributed by atoms with van der Waals surface area (Å²) >= 11 is 6.48. The molecule has 0 spiro atoms. The lowest BCUT2D eigenvalue weighted by Crippen LogP contribution is -2.56. The zero-order chi connectivity index (χ0) is 27.9. The molecule has 210 valence electrons. The summed E-state index contributed by atoms with van der Waals surface area (Å²) in [4.78, 5) is 38.6. The van der Waals surface area contributed by atoms with Gasteiger partial charge in [-0.3, -0.25) is 9.59 Å². The fourth-order valence-corrected chi connectivity index (χ4v) is 6.40. The molecular weight excluding hydrogens is 544 g/mol. The number of rotatable bonds is 4. The molecule has 1 aliphatic carbocycles. The molecule has 3 fully saturated rings. The second-order valence-corrected chi connectivity index (χ2v) is 11.6. The third kappa shape index (κ3) is 3.94. The standard InChI is InChI=1S/C27H28ClF2N7O3/c1-35-11-15-6-8-19(24(35)38)37(15)26-31-10-17(28)23(34-26)32-14-5-7-18-16(9-14)20-21(25(39)36(18)2)40-12-27(29,30)22(33-20)13-3-4-13/h5,7,9-10,13,15,19,22,33H,3-4,6,8,11-12H2,1-2H3,(H,31,32,34)/t15-,19+,22-/m0/s1. The normalized spacial score (nSPS) is 25.3. The van der Waals surface area contributed by atoms with Gasteiger partial charge in [0.05, 0.1) is 29.5 Å². The summed E-state index contributed by atoms with van der Waals surface area (Å²) in [5.74, 6) is -2.61. The minimum Gasteiger partial charge on any atom is -0.480 e.